The smallest absolute Gasteiger partial charge is 0.270 e. The third kappa shape index (κ3) is 4.43. The highest BCUT2D eigenvalue weighted by atomic mass is 16.6. The topological polar surface area (TPSA) is 108 Å². The molecule has 8 nitrogen and oxygen atoms in total. The van der Waals surface area contributed by atoms with Crippen molar-refractivity contribution >= 4 is 23.1 Å². The third-order valence-electron chi connectivity index (χ3n) is 3.83. The van der Waals surface area contributed by atoms with Crippen LogP contribution in [0.3, 0.4) is 0 Å². The van der Waals surface area contributed by atoms with E-state index in [-0.39, 0.29) is 17.4 Å². The summed E-state index contributed by atoms with van der Waals surface area (Å²) in [5.41, 5.74) is 2.18. The molecule has 1 aliphatic carbocycles. The van der Waals surface area contributed by atoms with E-state index in [2.05, 4.69) is 9.98 Å². The van der Waals surface area contributed by atoms with E-state index >= 15 is 0 Å². The summed E-state index contributed by atoms with van der Waals surface area (Å²) < 4.78 is 0. The molecule has 2 aliphatic rings. The Morgan fingerprint density at radius 2 is 1.96 bits per heavy atom. The van der Waals surface area contributed by atoms with Crippen molar-refractivity contribution in [1.82, 2.24) is 5.06 Å². The quantitative estimate of drug-likeness (QED) is 0.642. The van der Waals surface area contributed by atoms with Gasteiger partial charge in [-0.2, -0.15) is 0 Å². The van der Waals surface area contributed by atoms with Crippen molar-refractivity contribution in [2.45, 2.75) is 6.92 Å². The van der Waals surface area contributed by atoms with E-state index in [1.807, 2.05) is 0 Å². The SMILES string of the molecule is CC(=O)N=C1C=CC(=C/C=C2\C=CN=C(c3cccc([N+](=O)[O-])c3)N2O)C=C1. The van der Waals surface area contributed by atoms with E-state index in [1.54, 1.807) is 48.6 Å². The molecular weight excluding hydrogens is 360 g/mol. The number of carbonyl (C=O) groups excluding carboxylic acids is 1. The highest BCUT2D eigenvalue weighted by molar-refractivity contribution is 6.10. The van der Waals surface area contributed by atoms with Gasteiger partial charge in [-0.15, -0.1) is 0 Å². The van der Waals surface area contributed by atoms with Gasteiger partial charge in [-0.05, 0) is 29.9 Å². The fourth-order valence-electron chi connectivity index (χ4n) is 2.54. The Morgan fingerprint density at radius 1 is 1.21 bits per heavy atom. The van der Waals surface area contributed by atoms with Crippen LogP contribution in [-0.4, -0.2) is 32.6 Å². The second-order valence-corrected chi connectivity index (χ2v) is 5.87. The van der Waals surface area contributed by atoms with Crippen molar-refractivity contribution in [2.75, 3.05) is 0 Å². The first kappa shape index (κ1) is 18.9. The first-order valence-electron chi connectivity index (χ1n) is 8.29. The molecule has 0 fully saturated rings. The monoisotopic (exact) mass is 376 g/mol. The summed E-state index contributed by atoms with van der Waals surface area (Å²) in [5.74, 6) is -0.0865. The number of hydroxylamine groups is 2. The maximum absolute atomic E-state index is 11.0. The maximum Gasteiger partial charge on any atom is 0.270 e. The van der Waals surface area contributed by atoms with Crippen molar-refractivity contribution < 1.29 is 14.9 Å². The Hall–Kier alpha value is -3.91. The lowest BCUT2D eigenvalue weighted by atomic mass is 10.1. The summed E-state index contributed by atoms with van der Waals surface area (Å²) in [5, 5.41) is 22.3. The van der Waals surface area contributed by atoms with Crippen molar-refractivity contribution in [3.05, 3.63) is 99.9 Å². The number of benzene rings is 1. The molecule has 1 aromatic rings. The lowest BCUT2D eigenvalue weighted by Gasteiger charge is -2.22. The maximum atomic E-state index is 11.0. The van der Waals surface area contributed by atoms with Crippen LogP contribution in [-0.2, 0) is 4.79 Å². The van der Waals surface area contributed by atoms with Crippen LogP contribution in [0.1, 0.15) is 12.5 Å². The van der Waals surface area contributed by atoms with E-state index in [9.17, 15) is 20.1 Å². The number of hydrogen-bond acceptors (Lipinski definition) is 6. The molecule has 1 aromatic carbocycles. The van der Waals surface area contributed by atoms with Crippen LogP contribution in [0.15, 0.2) is 94.3 Å². The zero-order valence-corrected chi connectivity index (χ0v) is 14.9. The fourth-order valence-corrected chi connectivity index (χ4v) is 2.54. The molecule has 1 N–H and O–H groups in total. The predicted octanol–water partition coefficient (Wildman–Crippen LogP) is 3.48. The Labute approximate surface area is 160 Å². The van der Waals surface area contributed by atoms with Crippen LogP contribution in [0.5, 0.6) is 0 Å². The van der Waals surface area contributed by atoms with Gasteiger partial charge in [-0.3, -0.25) is 20.1 Å². The number of aliphatic imine (C=N–C) groups is 2. The van der Waals surface area contributed by atoms with Gasteiger partial charge < -0.3 is 0 Å². The van der Waals surface area contributed by atoms with Gasteiger partial charge in [0.1, 0.15) is 0 Å². The van der Waals surface area contributed by atoms with Gasteiger partial charge in [0.25, 0.3) is 5.69 Å². The zero-order chi connectivity index (χ0) is 20.1. The number of nitrogens with zero attached hydrogens (tertiary/aromatic N) is 4. The molecule has 0 bridgehead atoms. The first-order valence-corrected chi connectivity index (χ1v) is 8.29. The van der Waals surface area contributed by atoms with Crippen LogP contribution in [0.25, 0.3) is 0 Å². The summed E-state index contributed by atoms with van der Waals surface area (Å²) in [6, 6.07) is 5.88. The summed E-state index contributed by atoms with van der Waals surface area (Å²) in [7, 11) is 0. The second-order valence-electron chi connectivity index (χ2n) is 5.87. The van der Waals surface area contributed by atoms with Gasteiger partial charge in [-0.1, -0.05) is 30.4 Å². The molecule has 1 heterocycles. The standard InChI is InChI=1S/C20H16N4O4/c1-14(25)22-17-8-5-15(6-9-17)7-10-18-11-12-21-20(23(18)26)16-3-2-4-19(13-16)24(27)28/h2-13,26H,1H3/b15-7?,18-10+,22-17?. The largest absolute Gasteiger partial charge is 0.282 e. The Morgan fingerprint density at radius 3 is 2.64 bits per heavy atom. The van der Waals surface area contributed by atoms with E-state index in [1.165, 1.54) is 31.3 Å². The molecule has 0 atom stereocenters. The molecule has 1 aliphatic heterocycles. The first-order chi connectivity index (χ1) is 13.4. The number of nitro groups is 1. The minimum atomic E-state index is -0.503. The van der Waals surface area contributed by atoms with E-state index in [0.717, 1.165) is 10.6 Å². The average molecular weight is 376 g/mol. The van der Waals surface area contributed by atoms with Crippen LogP contribution in [0.4, 0.5) is 5.69 Å². The van der Waals surface area contributed by atoms with Crippen LogP contribution >= 0.6 is 0 Å². The molecule has 0 unspecified atom stereocenters. The predicted molar refractivity (Wildman–Crippen MR) is 105 cm³/mol. The van der Waals surface area contributed by atoms with Crippen molar-refractivity contribution in [2.24, 2.45) is 9.98 Å². The number of rotatable bonds is 3. The number of allylic oxidation sites excluding steroid dienone is 8. The van der Waals surface area contributed by atoms with Gasteiger partial charge >= 0.3 is 0 Å². The highest BCUT2D eigenvalue weighted by Gasteiger charge is 2.19. The molecular formula is C20H16N4O4. The van der Waals surface area contributed by atoms with Crippen LogP contribution in [0.2, 0.25) is 0 Å². The highest BCUT2D eigenvalue weighted by Crippen LogP contribution is 2.20. The number of nitro benzene ring substituents is 1. The second kappa shape index (κ2) is 8.19. The Balaban J connectivity index is 1.81. The van der Waals surface area contributed by atoms with Crippen molar-refractivity contribution in [3.8, 4) is 0 Å². The van der Waals surface area contributed by atoms with Gasteiger partial charge in [0, 0.05) is 30.8 Å². The van der Waals surface area contributed by atoms with Crippen molar-refractivity contribution in [3.63, 3.8) is 0 Å². The van der Waals surface area contributed by atoms with E-state index in [4.69, 9.17) is 0 Å². The molecule has 140 valence electrons. The van der Waals surface area contributed by atoms with Crippen LogP contribution < -0.4 is 0 Å². The molecule has 1 amide bonds. The Kier molecular flexibility index (Phi) is 5.52. The van der Waals surface area contributed by atoms with Crippen LogP contribution in [0, 0.1) is 10.1 Å². The molecule has 0 saturated heterocycles. The summed E-state index contributed by atoms with van der Waals surface area (Å²) in [6.07, 6.45) is 13.6. The van der Waals surface area contributed by atoms with Gasteiger partial charge in [0.2, 0.25) is 5.91 Å². The lowest BCUT2D eigenvalue weighted by Crippen LogP contribution is -2.28. The third-order valence-corrected chi connectivity index (χ3v) is 3.83. The molecule has 0 radical (unpaired) electrons. The number of non-ortho nitro benzene ring substituents is 1. The summed E-state index contributed by atoms with van der Waals surface area (Å²) in [4.78, 5) is 29.4. The number of amidine groups is 1. The molecule has 8 heteroatoms. The fraction of sp³-hybridized carbons (Fsp3) is 0.0500. The number of amides is 1. The van der Waals surface area contributed by atoms with Gasteiger partial charge in [-0.25, -0.2) is 15.0 Å². The summed E-state index contributed by atoms with van der Waals surface area (Å²) >= 11 is 0. The number of hydrogen-bond donors (Lipinski definition) is 1. The summed E-state index contributed by atoms with van der Waals surface area (Å²) in [6.45, 7) is 1.39. The molecule has 28 heavy (non-hydrogen) atoms. The molecule has 3 rings (SSSR count). The van der Waals surface area contributed by atoms with Gasteiger partial charge in [0.05, 0.1) is 16.3 Å². The zero-order valence-electron chi connectivity index (χ0n) is 14.9. The van der Waals surface area contributed by atoms with E-state index in [0.29, 0.717) is 17.0 Å². The normalized spacial score (nSPS) is 17.0. The number of carbonyl (C=O) groups is 1. The minimum Gasteiger partial charge on any atom is -0.282 e. The lowest BCUT2D eigenvalue weighted by molar-refractivity contribution is -0.384. The average Bonchev–Trinajstić information content (AvgIpc) is 2.68. The van der Waals surface area contributed by atoms with Crippen molar-refractivity contribution in [1.29, 1.82) is 0 Å². The Bertz CT molecular complexity index is 1020. The molecule has 0 aromatic heterocycles. The molecule has 0 spiro atoms. The van der Waals surface area contributed by atoms with E-state index < -0.39 is 4.92 Å². The molecule has 0 saturated carbocycles. The minimum absolute atomic E-state index is 0.0868. The van der Waals surface area contributed by atoms with Gasteiger partial charge in [0.15, 0.2) is 5.84 Å².